The van der Waals surface area contributed by atoms with Crippen LogP contribution in [-0.4, -0.2) is 50.2 Å². The van der Waals surface area contributed by atoms with Gasteiger partial charge in [-0.2, -0.15) is 0 Å². The predicted octanol–water partition coefficient (Wildman–Crippen LogP) is 1.59. The molecule has 3 nitrogen and oxygen atoms in total. The molecule has 1 saturated carbocycles. The van der Waals surface area contributed by atoms with Gasteiger partial charge in [0.25, 0.3) is 0 Å². The van der Waals surface area contributed by atoms with Crippen LogP contribution in [0.5, 0.6) is 0 Å². The van der Waals surface area contributed by atoms with Crippen molar-refractivity contribution in [3.63, 3.8) is 0 Å². The third kappa shape index (κ3) is 4.57. The summed E-state index contributed by atoms with van der Waals surface area (Å²) in [7, 11) is 2.29. The van der Waals surface area contributed by atoms with Crippen LogP contribution >= 0.6 is 0 Å². The molecule has 3 heteroatoms. The average molecular weight is 239 g/mol. The molecule has 0 aromatic carbocycles. The van der Waals surface area contributed by atoms with E-state index in [1.807, 2.05) is 0 Å². The van der Waals surface area contributed by atoms with Crippen molar-refractivity contribution < 1.29 is 0 Å². The van der Waals surface area contributed by atoms with Gasteiger partial charge in [0.15, 0.2) is 0 Å². The third-order valence-corrected chi connectivity index (χ3v) is 4.39. The van der Waals surface area contributed by atoms with Gasteiger partial charge in [-0.3, -0.25) is 0 Å². The van der Waals surface area contributed by atoms with E-state index in [0.717, 1.165) is 25.2 Å². The molecule has 0 amide bonds. The fourth-order valence-corrected chi connectivity index (χ4v) is 3.16. The number of nitrogens with one attached hydrogen (secondary N) is 2. The van der Waals surface area contributed by atoms with E-state index < -0.39 is 0 Å². The summed E-state index contributed by atoms with van der Waals surface area (Å²) in [4.78, 5) is 2.55. The summed E-state index contributed by atoms with van der Waals surface area (Å²) in [6.45, 7) is 4.72. The molecule has 0 bridgehead atoms. The molecular formula is C14H29N3. The Labute approximate surface area is 106 Å². The highest BCUT2D eigenvalue weighted by Crippen LogP contribution is 2.21. The Kier molecular flexibility index (Phi) is 5.75. The van der Waals surface area contributed by atoms with Crippen molar-refractivity contribution in [3.8, 4) is 0 Å². The van der Waals surface area contributed by atoms with Crippen molar-refractivity contribution in [2.75, 3.05) is 33.2 Å². The van der Waals surface area contributed by atoms with Crippen molar-refractivity contribution >= 4 is 0 Å². The highest BCUT2D eigenvalue weighted by Gasteiger charge is 2.18. The summed E-state index contributed by atoms with van der Waals surface area (Å²) in [6.07, 6.45) is 9.83. The monoisotopic (exact) mass is 239 g/mol. The highest BCUT2D eigenvalue weighted by atomic mass is 15.1. The molecule has 1 saturated heterocycles. The number of nitrogens with zero attached hydrogens (tertiary/aromatic N) is 1. The van der Waals surface area contributed by atoms with Gasteiger partial charge in [-0.1, -0.05) is 19.3 Å². The Morgan fingerprint density at radius 3 is 2.59 bits per heavy atom. The minimum atomic E-state index is 0.723. The van der Waals surface area contributed by atoms with Gasteiger partial charge in [-0.25, -0.2) is 0 Å². The molecule has 2 fully saturated rings. The quantitative estimate of drug-likeness (QED) is 0.689. The van der Waals surface area contributed by atoms with E-state index >= 15 is 0 Å². The topological polar surface area (TPSA) is 27.3 Å². The Hall–Kier alpha value is -0.120. The van der Waals surface area contributed by atoms with Crippen LogP contribution in [0.15, 0.2) is 0 Å². The lowest BCUT2D eigenvalue weighted by atomic mass is 10.1. The largest absolute Gasteiger partial charge is 0.314 e. The van der Waals surface area contributed by atoms with Gasteiger partial charge in [-0.05, 0) is 39.3 Å². The molecular weight excluding hydrogens is 210 g/mol. The van der Waals surface area contributed by atoms with E-state index in [1.54, 1.807) is 0 Å². The van der Waals surface area contributed by atoms with E-state index in [1.165, 1.54) is 58.0 Å². The normalized spacial score (nSPS) is 26.8. The molecule has 1 unspecified atom stereocenters. The van der Waals surface area contributed by atoms with Gasteiger partial charge in [0.1, 0.15) is 0 Å². The van der Waals surface area contributed by atoms with Crippen molar-refractivity contribution in [2.45, 2.75) is 57.0 Å². The molecule has 2 aliphatic rings. The summed E-state index contributed by atoms with van der Waals surface area (Å²) in [5.74, 6) is 0. The maximum Gasteiger partial charge on any atom is 0.0192 e. The molecule has 0 aromatic heterocycles. The van der Waals surface area contributed by atoms with Crippen molar-refractivity contribution in [3.05, 3.63) is 0 Å². The van der Waals surface area contributed by atoms with E-state index in [2.05, 4.69) is 22.6 Å². The minimum absolute atomic E-state index is 0.723. The van der Waals surface area contributed by atoms with Crippen LogP contribution in [-0.2, 0) is 0 Å². The second-order valence-electron chi connectivity index (χ2n) is 5.77. The summed E-state index contributed by atoms with van der Waals surface area (Å²) >= 11 is 0. The smallest absolute Gasteiger partial charge is 0.0192 e. The first-order valence-corrected chi connectivity index (χ1v) is 7.50. The van der Waals surface area contributed by atoms with Gasteiger partial charge in [0.2, 0.25) is 0 Å². The number of piperidine rings is 1. The van der Waals surface area contributed by atoms with Crippen molar-refractivity contribution in [2.24, 2.45) is 0 Å². The first-order chi connectivity index (χ1) is 8.36. The maximum atomic E-state index is 3.61. The number of hydrogen-bond donors (Lipinski definition) is 2. The molecule has 0 radical (unpaired) electrons. The molecule has 2 N–H and O–H groups in total. The summed E-state index contributed by atoms with van der Waals surface area (Å²) < 4.78 is 0. The lowest BCUT2D eigenvalue weighted by molar-refractivity contribution is 0.243. The molecule has 1 heterocycles. The van der Waals surface area contributed by atoms with E-state index in [-0.39, 0.29) is 0 Å². The number of rotatable bonds is 6. The molecule has 0 spiro atoms. The maximum absolute atomic E-state index is 3.61. The van der Waals surface area contributed by atoms with Gasteiger partial charge < -0.3 is 15.5 Å². The lowest BCUT2D eigenvalue weighted by Crippen LogP contribution is -2.44. The lowest BCUT2D eigenvalue weighted by Gasteiger charge is -2.26. The second kappa shape index (κ2) is 7.34. The van der Waals surface area contributed by atoms with Crippen LogP contribution in [0.1, 0.15) is 44.9 Å². The van der Waals surface area contributed by atoms with Gasteiger partial charge in [0, 0.05) is 31.7 Å². The zero-order chi connectivity index (χ0) is 11.9. The average Bonchev–Trinajstić information content (AvgIpc) is 2.89. The Morgan fingerprint density at radius 2 is 1.88 bits per heavy atom. The second-order valence-corrected chi connectivity index (χ2v) is 5.77. The molecule has 0 aromatic rings. The molecule has 1 aliphatic heterocycles. The van der Waals surface area contributed by atoms with Gasteiger partial charge in [-0.15, -0.1) is 0 Å². The van der Waals surface area contributed by atoms with Crippen molar-refractivity contribution in [1.29, 1.82) is 0 Å². The zero-order valence-electron chi connectivity index (χ0n) is 11.4. The predicted molar refractivity (Wildman–Crippen MR) is 73.4 cm³/mol. The Bertz CT molecular complexity index is 196. The number of likely N-dealkylation sites (N-methyl/N-ethyl adjacent to an activating group) is 1. The summed E-state index contributed by atoms with van der Waals surface area (Å²) in [5.41, 5.74) is 0. The molecule has 100 valence electrons. The first kappa shape index (κ1) is 13.3. The van der Waals surface area contributed by atoms with E-state index in [9.17, 15) is 0 Å². The molecule has 1 atom stereocenters. The van der Waals surface area contributed by atoms with Crippen LogP contribution < -0.4 is 10.6 Å². The van der Waals surface area contributed by atoms with Crippen molar-refractivity contribution in [1.82, 2.24) is 15.5 Å². The fraction of sp³-hybridized carbons (Fsp3) is 1.00. The standard InChI is InChI=1S/C14H29N3/c1-17(14-7-2-3-8-14)11-10-15-12-13-6-4-5-9-16-13/h13-16H,2-12H2,1H3. The van der Waals surface area contributed by atoms with E-state index in [4.69, 9.17) is 0 Å². The zero-order valence-corrected chi connectivity index (χ0v) is 11.4. The van der Waals surface area contributed by atoms with Crippen LogP contribution in [0.2, 0.25) is 0 Å². The van der Waals surface area contributed by atoms with Crippen LogP contribution in [0.4, 0.5) is 0 Å². The fourth-order valence-electron chi connectivity index (χ4n) is 3.16. The highest BCUT2D eigenvalue weighted by molar-refractivity contribution is 4.77. The Balaban J connectivity index is 1.50. The first-order valence-electron chi connectivity index (χ1n) is 7.50. The molecule has 17 heavy (non-hydrogen) atoms. The molecule has 2 rings (SSSR count). The van der Waals surface area contributed by atoms with Gasteiger partial charge in [0.05, 0.1) is 0 Å². The van der Waals surface area contributed by atoms with Gasteiger partial charge >= 0.3 is 0 Å². The summed E-state index contributed by atoms with van der Waals surface area (Å²) in [6, 6.07) is 1.59. The SMILES string of the molecule is CN(CCNCC1CCCCN1)C1CCCC1. The van der Waals surface area contributed by atoms with E-state index in [0.29, 0.717) is 0 Å². The Morgan fingerprint density at radius 1 is 1.12 bits per heavy atom. The van der Waals surface area contributed by atoms with Crippen LogP contribution in [0.3, 0.4) is 0 Å². The summed E-state index contributed by atoms with van der Waals surface area (Å²) in [5, 5.41) is 7.19. The third-order valence-electron chi connectivity index (χ3n) is 4.39. The minimum Gasteiger partial charge on any atom is -0.314 e. The molecule has 1 aliphatic carbocycles. The number of hydrogen-bond acceptors (Lipinski definition) is 3. The van der Waals surface area contributed by atoms with Crippen LogP contribution in [0.25, 0.3) is 0 Å². The van der Waals surface area contributed by atoms with Crippen LogP contribution in [0, 0.1) is 0 Å².